The summed E-state index contributed by atoms with van der Waals surface area (Å²) in [6.07, 6.45) is 3.52. The van der Waals surface area contributed by atoms with Gasteiger partial charge in [0, 0.05) is 32.0 Å². The average Bonchev–Trinajstić information content (AvgIpc) is 3.27. The van der Waals surface area contributed by atoms with Crippen molar-refractivity contribution < 1.29 is 32.2 Å². The minimum Gasteiger partial charge on any atom is -0.468 e. The van der Waals surface area contributed by atoms with Crippen molar-refractivity contribution >= 4 is 44.7 Å². The van der Waals surface area contributed by atoms with E-state index in [-0.39, 0.29) is 47.8 Å². The molecule has 3 unspecified atom stereocenters. The Bertz CT molecular complexity index is 1820. The van der Waals surface area contributed by atoms with Crippen LogP contribution in [0.3, 0.4) is 0 Å². The first-order valence-corrected chi connectivity index (χ1v) is 16.6. The summed E-state index contributed by atoms with van der Waals surface area (Å²) in [6, 6.07) is 9.27. The number of anilines is 1. The van der Waals surface area contributed by atoms with Crippen molar-refractivity contribution in [3.63, 3.8) is 0 Å². The van der Waals surface area contributed by atoms with Crippen molar-refractivity contribution in [1.29, 1.82) is 0 Å². The number of aromatic nitrogens is 3. The fourth-order valence-electron chi connectivity index (χ4n) is 6.55. The second-order valence-electron chi connectivity index (χ2n) is 12.7. The average molecular weight is 652 g/mol. The standard InChI is InChI=1S/C33H38FN5O6S/c1-6-19-8-7-9-20-12-23(44-18-43-5)13-24(27(19)20)29-28(34)30-25(14-35-29)31(37-26(36-30)17-46(41)42)38-15-21-10-11-22(16-38)39(21)32(40)45-33(2,3)4/h7-9,12-14,21-22H,6,10-11,15-18H2,1-5H3,(H,41,42). The predicted octanol–water partition coefficient (Wildman–Crippen LogP) is 5.84. The Morgan fingerprint density at radius 3 is 2.54 bits per heavy atom. The van der Waals surface area contributed by atoms with E-state index in [1.807, 2.05) is 56.9 Å². The highest BCUT2D eigenvalue weighted by atomic mass is 32.2. The van der Waals surface area contributed by atoms with Gasteiger partial charge in [-0.15, -0.1) is 0 Å². The smallest absolute Gasteiger partial charge is 0.410 e. The predicted molar refractivity (Wildman–Crippen MR) is 174 cm³/mol. The van der Waals surface area contributed by atoms with E-state index in [9.17, 15) is 13.6 Å². The third-order valence-electron chi connectivity index (χ3n) is 8.37. The Labute approximate surface area is 269 Å². The van der Waals surface area contributed by atoms with E-state index in [2.05, 4.69) is 15.0 Å². The number of amides is 1. The molecule has 0 aliphatic carbocycles. The van der Waals surface area contributed by atoms with Crippen LogP contribution in [-0.4, -0.2) is 79.4 Å². The summed E-state index contributed by atoms with van der Waals surface area (Å²) < 4.78 is 55.0. The third kappa shape index (κ3) is 6.23. The van der Waals surface area contributed by atoms with Gasteiger partial charge in [0.25, 0.3) is 0 Å². The molecule has 1 N–H and O–H groups in total. The highest BCUT2D eigenvalue weighted by Crippen LogP contribution is 2.40. The number of hydrogen-bond acceptors (Lipinski definition) is 9. The van der Waals surface area contributed by atoms with E-state index in [4.69, 9.17) is 14.2 Å². The van der Waals surface area contributed by atoms with Crippen LogP contribution in [0.25, 0.3) is 32.9 Å². The van der Waals surface area contributed by atoms with Gasteiger partial charge in [0.2, 0.25) is 0 Å². The summed E-state index contributed by atoms with van der Waals surface area (Å²) >= 11 is -2.25. The summed E-state index contributed by atoms with van der Waals surface area (Å²) in [5.41, 5.74) is 1.02. The molecule has 2 fully saturated rings. The van der Waals surface area contributed by atoms with Crippen molar-refractivity contribution in [2.75, 3.05) is 31.9 Å². The second kappa shape index (κ2) is 12.7. The van der Waals surface area contributed by atoms with Gasteiger partial charge in [-0.25, -0.2) is 23.4 Å². The summed E-state index contributed by atoms with van der Waals surface area (Å²) in [5.74, 6) is -0.0823. The lowest BCUT2D eigenvalue weighted by atomic mass is 9.95. The number of benzene rings is 2. The van der Waals surface area contributed by atoms with Gasteiger partial charge < -0.3 is 23.7 Å². The van der Waals surface area contributed by atoms with Crippen LogP contribution in [0.2, 0.25) is 0 Å². The zero-order chi connectivity index (χ0) is 32.7. The number of hydrogen-bond donors (Lipinski definition) is 1. The van der Waals surface area contributed by atoms with Gasteiger partial charge in [0.05, 0.1) is 17.5 Å². The van der Waals surface area contributed by atoms with Crippen LogP contribution in [0.1, 0.15) is 51.9 Å². The molecule has 3 atom stereocenters. The molecule has 4 aromatic rings. The molecule has 4 heterocycles. The minimum absolute atomic E-state index is 0.00251. The normalized spacial score (nSPS) is 18.8. The van der Waals surface area contributed by atoms with E-state index in [1.165, 1.54) is 7.11 Å². The summed E-state index contributed by atoms with van der Waals surface area (Å²) in [4.78, 5) is 30.6. The fraction of sp³-hybridized carbons (Fsp3) is 0.455. The van der Waals surface area contributed by atoms with Gasteiger partial charge in [-0.1, -0.05) is 25.1 Å². The summed E-state index contributed by atoms with van der Waals surface area (Å²) in [6.45, 7) is 8.46. The van der Waals surface area contributed by atoms with Crippen LogP contribution in [0.5, 0.6) is 5.75 Å². The van der Waals surface area contributed by atoms with E-state index < -0.39 is 22.5 Å². The van der Waals surface area contributed by atoms with Crippen LogP contribution >= 0.6 is 0 Å². The van der Waals surface area contributed by atoms with E-state index in [0.29, 0.717) is 42.0 Å². The van der Waals surface area contributed by atoms with Crippen molar-refractivity contribution in [2.45, 2.75) is 70.4 Å². The molecule has 2 aromatic carbocycles. The van der Waals surface area contributed by atoms with Crippen molar-refractivity contribution in [3.8, 4) is 17.0 Å². The molecule has 11 nitrogen and oxygen atoms in total. The molecule has 13 heteroatoms. The van der Waals surface area contributed by atoms with Gasteiger partial charge in [0.15, 0.2) is 23.7 Å². The monoisotopic (exact) mass is 651 g/mol. The number of aryl methyl sites for hydroxylation is 1. The van der Waals surface area contributed by atoms with Crippen LogP contribution in [0.4, 0.5) is 15.0 Å². The quantitative estimate of drug-likeness (QED) is 0.183. The maximum absolute atomic E-state index is 16.8. The van der Waals surface area contributed by atoms with Crippen molar-refractivity contribution in [3.05, 3.63) is 53.7 Å². The number of ether oxygens (including phenoxy) is 3. The maximum atomic E-state index is 16.8. The largest absolute Gasteiger partial charge is 0.468 e. The maximum Gasteiger partial charge on any atom is 0.410 e. The molecule has 2 bridgehead atoms. The minimum atomic E-state index is -2.25. The lowest BCUT2D eigenvalue weighted by Crippen LogP contribution is -2.57. The lowest BCUT2D eigenvalue weighted by Gasteiger charge is -2.42. The SMILES string of the molecule is CCc1cccc2cc(OCOC)cc(-c3ncc4c(N5CC6CCC(C5)N6C(=O)OC(C)(C)C)nc(CS(=O)O)nc4c3F)c12. The van der Waals surface area contributed by atoms with Crippen molar-refractivity contribution in [2.24, 2.45) is 0 Å². The number of fused-ring (bicyclic) bond motifs is 4. The molecular weight excluding hydrogens is 613 g/mol. The molecule has 46 heavy (non-hydrogen) atoms. The molecule has 2 aliphatic heterocycles. The Morgan fingerprint density at radius 2 is 1.89 bits per heavy atom. The van der Waals surface area contributed by atoms with Crippen LogP contribution in [0.15, 0.2) is 36.5 Å². The van der Waals surface area contributed by atoms with Gasteiger partial charge in [0.1, 0.15) is 40.0 Å². The zero-order valence-electron chi connectivity index (χ0n) is 26.6. The molecule has 0 radical (unpaired) electrons. The number of carbonyl (C=O) groups excluding carboxylic acids is 1. The number of pyridine rings is 1. The Hall–Kier alpha value is -3.94. The topological polar surface area (TPSA) is 127 Å². The number of halogens is 1. The van der Waals surface area contributed by atoms with Crippen molar-refractivity contribution in [1.82, 2.24) is 19.9 Å². The first-order valence-electron chi connectivity index (χ1n) is 15.3. The third-order valence-corrected chi connectivity index (χ3v) is 8.87. The van der Waals surface area contributed by atoms with Gasteiger partial charge in [-0.2, -0.15) is 0 Å². The van der Waals surface area contributed by atoms with Gasteiger partial charge in [-0.3, -0.25) is 9.88 Å². The highest BCUT2D eigenvalue weighted by molar-refractivity contribution is 7.78. The van der Waals surface area contributed by atoms with Crippen LogP contribution in [-0.2, 0) is 32.7 Å². The molecule has 244 valence electrons. The number of methoxy groups -OCH3 is 1. The molecule has 6 rings (SSSR count). The number of carbonyl (C=O) groups is 1. The second-order valence-corrected chi connectivity index (χ2v) is 13.6. The number of piperazine rings is 1. The van der Waals surface area contributed by atoms with Crippen LogP contribution in [0, 0.1) is 5.82 Å². The van der Waals surface area contributed by atoms with E-state index >= 15 is 4.39 Å². The highest BCUT2D eigenvalue weighted by Gasteiger charge is 2.45. The Balaban J connectivity index is 1.47. The summed E-state index contributed by atoms with van der Waals surface area (Å²) in [7, 11) is 1.53. The lowest BCUT2D eigenvalue weighted by molar-refractivity contribution is 0.0123. The number of rotatable bonds is 8. The van der Waals surface area contributed by atoms with Gasteiger partial charge >= 0.3 is 6.09 Å². The first kappa shape index (κ1) is 32.0. The van der Waals surface area contributed by atoms with E-state index in [1.54, 1.807) is 17.2 Å². The molecule has 2 aromatic heterocycles. The van der Waals surface area contributed by atoms with Gasteiger partial charge in [-0.05, 0) is 68.5 Å². The Kier molecular flexibility index (Phi) is 8.83. The molecule has 0 saturated carbocycles. The van der Waals surface area contributed by atoms with Crippen LogP contribution < -0.4 is 9.64 Å². The molecule has 1 amide bonds. The first-order chi connectivity index (χ1) is 22.0. The molecular formula is C33H38FN5O6S. The summed E-state index contributed by atoms with van der Waals surface area (Å²) in [5, 5.41) is 2.09. The molecule has 0 spiro atoms. The fourth-order valence-corrected chi connectivity index (χ4v) is 6.90. The molecule has 2 aliphatic rings. The Morgan fingerprint density at radius 1 is 1.15 bits per heavy atom. The van der Waals surface area contributed by atoms with E-state index in [0.717, 1.165) is 29.2 Å². The number of nitrogens with zero attached hydrogens (tertiary/aromatic N) is 5. The zero-order valence-corrected chi connectivity index (χ0v) is 27.4. The molecule has 2 saturated heterocycles.